The zero-order chi connectivity index (χ0) is 9.84. The molecule has 0 aliphatic heterocycles. The fourth-order valence-corrected chi connectivity index (χ4v) is 1.01. The molecule has 0 aromatic heterocycles. The van der Waals surface area contributed by atoms with Crippen LogP contribution in [0.25, 0.3) is 0 Å². The number of nitrogens with one attached hydrogen (secondary N) is 1. The zero-order valence-electron chi connectivity index (χ0n) is 6.93. The van der Waals surface area contributed by atoms with Crippen molar-refractivity contribution in [2.24, 2.45) is 5.84 Å². The normalized spacial score (nSPS) is 12.5. The Morgan fingerprint density at radius 1 is 1.38 bits per heavy atom. The summed E-state index contributed by atoms with van der Waals surface area (Å²) in [6.07, 6.45) is 1.51. The van der Waals surface area contributed by atoms with Gasteiger partial charge in [-0.2, -0.15) is 0 Å². The monoisotopic (exact) mass is 184 g/mol. The van der Waals surface area contributed by atoms with E-state index in [4.69, 9.17) is 5.84 Å². The number of hydrogen-bond donors (Lipinski definition) is 2. The highest BCUT2D eigenvalue weighted by Gasteiger charge is 2.08. The minimum atomic E-state index is -0.889. The van der Waals surface area contributed by atoms with Crippen LogP contribution in [0.2, 0.25) is 0 Å². The second kappa shape index (κ2) is 4.11. The van der Waals surface area contributed by atoms with Gasteiger partial charge in [-0.15, -0.1) is 6.58 Å². The average Bonchev–Trinajstić information content (AvgIpc) is 2.13. The summed E-state index contributed by atoms with van der Waals surface area (Å²) in [6.45, 7) is 3.50. The van der Waals surface area contributed by atoms with Crippen molar-refractivity contribution in [3.8, 4) is 0 Å². The first kappa shape index (κ1) is 9.83. The van der Waals surface area contributed by atoms with E-state index in [0.717, 1.165) is 12.1 Å². The Kier molecular flexibility index (Phi) is 3.11. The third kappa shape index (κ3) is 2.11. The first-order valence-corrected chi connectivity index (χ1v) is 3.72. The molecule has 4 heteroatoms. The lowest BCUT2D eigenvalue weighted by molar-refractivity contribution is 0.504. The van der Waals surface area contributed by atoms with Crippen LogP contribution in [-0.4, -0.2) is 0 Å². The van der Waals surface area contributed by atoms with E-state index >= 15 is 0 Å². The smallest absolute Gasteiger partial charge is 0.159 e. The molecule has 0 aliphatic rings. The lowest BCUT2D eigenvalue weighted by Crippen LogP contribution is -2.26. The highest BCUT2D eigenvalue weighted by atomic mass is 19.2. The number of halogens is 2. The molecule has 13 heavy (non-hydrogen) atoms. The molecule has 1 atom stereocenters. The molecule has 70 valence electrons. The number of rotatable bonds is 3. The van der Waals surface area contributed by atoms with Gasteiger partial charge in [0.25, 0.3) is 0 Å². The third-order valence-electron chi connectivity index (χ3n) is 1.72. The summed E-state index contributed by atoms with van der Waals surface area (Å²) in [4.78, 5) is 0. The topological polar surface area (TPSA) is 38.0 Å². The van der Waals surface area contributed by atoms with Crippen molar-refractivity contribution in [2.45, 2.75) is 6.04 Å². The Bertz CT molecular complexity index is 312. The average molecular weight is 184 g/mol. The van der Waals surface area contributed by atoms with E-state index in [2.05, 4.69) is 12.0 Å². The molecule has 1 rings (SSSR count). The van der Waals surface area contributed by atoms with Crippen LogP contribution >= 0.6 is 0 Å². The molecule has 2 nitrogen and oxygen atoms in total. The van der Waals surface area contributed by atoms with Crippen LogP contribution < -0.4 is 11.3 Å². The van der Waals surface area contributed by atoms with Gasteiger partial charge in [0, 0.05) is 0 Å². The van der Waals surface area contributed by atoms with Gasteiger partial charge >= 0.3 is 0 Å². The molecule has 0 bridgehead atoms. The predicted octanol–water partition coefficient (Wildman–Crippen LogP) is 1.66. The lowest BCUT2D eigenvalue weighted by Gasteiger charge is -2.10. The van der Waals surface area contributed by atoms with Crippen LogP contribution in [0.3, 0.4) is 0 Å². The second-order valence-electron chi connectivity index (χ2n) is 2.55. The van der Waals surface area contributed by atoms with Crippen LogP contribution in [0.1, 0.15) is 11.6 Å². The standard InChI is InChI=1S/C9H10F2N2/c1-2-9(13-12)6-3-4-7(10)8(11)5-6/h2-5,9,13H,1,12H2. The molecular formula is C9H10F2N2. The van der Waals surface area contributed by atoms with Gasteiger partial charge in [-0.1, -0.05) is 12.1 Å². The molecule has 1 aromatic carbocycles. The highest BCUT2D eigenvalue weighted by molar-refractivity contribution is 5.23. The molecule has 0 saturated heterocycles. The minimum absolute atomic E-state index is 0.366. The maximum Gasteiger partial charge on any atom is 0.159 e. The highest BCUT2D eigenvalue weighted by Crippen LogP contribution is 2.16. The second-order valence-corrected chi connectivity index (χ2v) is 2.55. The number of nitrogens with two attached hydrogens (primary N) is 1. The van der Waals surface area contributed by atoms with Crippen LogP contribution in [0.4, 0.5) is 8.78 Å². The summed E-state index contributed by atoms with van der Waals surface area (Å²) < 4.78 is 25.3. The van der Waals surface area contributed by atoms with Gasteiger partial charge in [-0.05, 0) is 17.7 Å². The lowest BCUT2D eigenvalue weighted by atomic mass is 10.1. The molecule has 3 N–H and O–H groups in total. The van der Waals surface area contributed by atoms with Gasteiger partial charge < -0.3 is 0 Å². The van der Waals surface area contributed by atoms with Crippen LogP contribution in [0, 0.1) is 11.6 Å². The predicted molar refractivity (Wildman–Crippen MR) is 46.6 cm³/mol. The third-order valence-corrected chi connectivity index (χ3v) is 1.72. The Labute approximate surface area is 75.0 Å². The Hall–Kier alpha value is -1.26. The van der Waals surface area contributed by atoms with Gasteiger partial charge in [0.15, 0.2) is 11.6 Å². The summed E-state index contributed by atoms with van der Waals surface area (Å²) >= 11 is 0. The summed E-state index contributed by atoms with van der Waals surface area (Å²) in [7, 11) is 0. The van der Waals surface area contributed by atoms with Crippen molar-refractivity contribution in [3.63, 3.8) is 0 Å². The van der Waals surface area contributed by atoms with E-state index in [1.807, 2.05) is 0 Å². The van der Waals surface area contributed by atoms with Gasteiger partial charge in [0.05, 0.1) is 6.04 Å². The quantitative estimate of drug-likeness (QED) is 0.426. The van der Waals surface area contributed by atoms with Crippen molar-refractivity contribution in [1.29, 1.82) is 0 Å². The molecule has 0 heterocycles. The van der Waals surface area contributed by atoms with Crippen molar-refractivity contribution >= 4 is 0 Å². The molecule has 0 radical (unpaired) electrons. The Morgan fingerprint density at radius 2 is 2.08 bits per heavy atom. The molecule has 1 unspecified atom stereocenters. The van der Waals surface area contributed by atoms with Gasteiger partial charge in [-0.3, -0.25) is 5.84 Å². The molecule has 0 aliphatic carbocycles. The SMILES string of the molecule is C=CC(NN)c1ccc(F)c(F)c1. The number of hydrogen-bond acceptors (Lipinski definition) is 2. The molecule has 1 aromatic rings. The summed E-state index contributed by atoms with van der Waals surface area (Å²) in [6, 6.07) is 3.22. The Morgan fingerprint density at radius 3 is 2.54 bits per heavy atom. The largest absolute Gasteiger partial charge is 0.271 e. The zero-order valence-corrected chi connectivity index (χ0v) is 6.93. The summed E-state index contributed by atoms with van der Waals surface area (Å²) in [5.41, 5.74) is 2.95. The first-order valence-electron chi connectivity index (χ1n) is 3.72. The molecule has 0 spiro atoms. The summed E-state index contributed by atoms with van der Waals surface area (Å²) in [5.74, 6) is 3.41. The van der Waals surface area contributed by atoms with E-state index in [9.17, 15) is 8.78 Å². The molecular weight excluding hydrogens is 174 g/mol. The van der Waals surface area contributed by atoms with E-state index < -0.39 is 11.6 Å². The van der Waals surface area contributed by atoms with E-state index in [1.54, 1.807) is 0 Å². The molecule has 0 fully saturated rings. The molecule has 0 saturated carbocycles. The minimum Gasteiger partial charge on any atom is -0.271 e. The first-order chi connectivity index (χ1) is 6.19. The van der Waals surface area contributed by atoms with Crippen molar-refractivity contribution < 1.29 is 8.78 Å². The van der Waals surface area contributed by atoms with E-state index in [-0.39, 0.29) is 6.04 Å². The van der Waals surface area contributed by atoms with Gasteiger partial charge in [-0.25, -0.2) is 14.2 Å². The number of hydrazine groups is 1. The summed E-state index contributed by atoms with van der Waals surface area (Å²) in [5, 5.41) is 0. The maximum atomic E-state index is 12.7. The van der Waals surface area contributed by atoms with Crippen LogP contribution in [-0.2, 0) is 0 Å². The maximum absolute atomic E-state index is 12.7. The van der Waals surface area contributed by atoms with Gasteiger partial charge in [0.2, 0.25) is 0 Å². The fraction of sp³-hybridized carbons (Fsp3) is 0.111. The van der Waals surface area contributed by atoms with Crippen molar-refractivity contribution in [2.75, 3.05) is 0 Å². The molecule has 0 amide bonds. The van der Waals surface area contributed by atoms with E-state index in [0.29, 0.717) is 5.56 Å². The van der Waals surface area contributed by atoms with Gasteiger partial charge in [0.1, 0.15) is 0 Å². The van der Waals surface area contributed by atoms with Crippen molar-refractivity contribution in [3.05, 3.63) is 48.1 Å². The number of benzene rings is 1. The Balaban J connectivity index is 3.01. The van der Waals surface area contributed by atoms with Crippen LogP contribution in [0.5, 0.6) is 0 Å². The van der Waals surface area contributed by atoms with Crippen LogP contribution in [0.15, 0.2) is 30.9 Å². The fourth-order valence-electron chi connectivity index (χ4n) is 1.01. The van der Waals surface area contributed by atoms with Crippen molar-refractivity contribution in [1.82, 2.24) is 5.43 Å². The van der Waals surface area contributed by atoms with E-state index in [1.165, 1.54) is 12.1 Å².